The second-order valence-corrected chi connectivity index (χ2v) is 19.1. The quantitative estimate of drug-likeness (QED) is 0.110. The Morgan fingerprint density at radius 3 is 1.39 bits per heavy atom. The van der Waals surface area contributed by atoms with Gasteiger partial charge in [0.1, 0.15) is 0 Å². The summed E-state index contributed by atoms with van der Waals surface area (Å²) in [5, 5.41) is 0. The van der Waals surface area contributed by atoms with Crippen LogP contribution in [-0.2, 0) is 19.3 Å². The van der Waals surface area contributed by atoms with E-state index in [1.165, 1.54) is 5.56 Å². The number of hydrogen-bond acceptors (Lipinski definition) is 3. The first kappa shape index (κ1) is 35.9. The highest BCUT2D eigenvalue weighted by molar-refractivity contribution is 5.76. The summed E-state index contributed by atoms with van der Waals surface area (Å²) in [6.45, 7) is 0. The molecule has 4 bridgehead atoms. The molecule has 0 N–H and O–H groups in total. The molecular formula is C61H57N3. The maximum atomic E-state index is 10.5. The van der Waals surface area contributed by atoms with E-state index in [9.17, 15) is 5.48 Å². The van der Waals surface area contributed by atoms with Gasteiger partial charge in [-0.25, -0.2) is 0 Å². The minimum atomic E-state index is -1.65. The summed E-state index contributed by atoms with van der Waals surface area (Å²) < 4.78 is 41.3. The second kappa shape index (κ2) is 17.3. The highest BCUT2D eigenvalue weighted by atomic mass is 14.7. The lowest BCUT2D eigenvalue weighted by molar-refractivity contribution is -0.166. The Hall–Kier alpha value is -6.45. The molecule has 4 aliphatic carbocycles. The lowest BCUT2D eigenvalue weighted by Gasteiger charge is -2.67. The molecular weight excluding hydrogens is 775 g/mol. The Morgan fingerprint density at radius 2 is 0.844 bits per heavy atom. The number of hydrogen-bond donors (Lipinski definition) is 0. The third-order valence-electron chi connectivity index (χ3n) is 14.6. The molecule has 3 nitrogen and oxygen atoms in total. The second-order valence-electron chi connectivity index (χ2n) is 19.1. The van der Waals surface area contributed by atoms with Crippen LogP contribution in [-0.4, -0.2) is 15.0 Å². The van der Waals surface area contributed by atoms with Crippen LogP contribution in [0.5, 0.6) is 0 Å². The summed E-state index contributed by atoms with van der Waals surface area (Å²) in [6.07, 6.45) is 9.32. The summed E-state index contributed by atoms with van der Waals surface area (Å²) in [7, 11) is 0. The van der Waals surface area contributed by atoms with E-state index in [0.717, 1.165) is 112 Å². The zero-order valence-corrected chi connectivity index (χ0v) is 36.5. The maximum Gasteiger partial charge on any atom is 0.0708 e. The number of nitrogens with zero attached hydrogens (tertiary/aromatic N) is 3. The van der Waals surface area contributed by atoms with Crippen molar-refractivity contribution in [1.82, 2.24) is 15.0 Å². The van der Waals surface area contributed by atoms with Crippen LogP contribution in [0.15, 0.2) is 195 Å². The van der Waals surface area contributed by atoms with Crippen molar-refractivity contribution in [2.75, 3.05) is 0 Å². The zero-order chi connectivity index (χ0) is 46.4. The highest BCUT2D eigenvalue weighted by Crippen LogP contribution is 2.73. The summed E-state index contributed by atoms with van der Waals surface area (Å²) in [5.41, 5.74) is 11.5. The SMILES string of the molecule is [2H]C([2H])(Cc1ccc(-c2ccccc2)nc1)C12CC3CC(CCc4ccc(-c5ccccc5)nc4)(C1)CC(C([2H])([2H])Cc1cnc(-c4ccccc4)cc1-c1ccc(-c4ccccc4)cc1)(C3)C2. The number of aryl methyl sites for hydroxylation is 3. The normalized spacial score (nSPS) is 23.5. The summed E-state index contributed by atoms with van der Waals surface area (Å²) in [5.74, 6) is 0.233. The summed E-state index contributed by atoms with van der Waals surface area (Å²) in [4.78, 5) is 14.7. The largest absolute Gasteiger partial charge is 0.256 e. The van der Waals surface area contributed by atoms with Crippen molar-refractivity contribution in [3.05, 3.63) is 211 Å². The van der Waals surface area contributed by atoms with E-state index >= 15 is 0 Å². The molecule has 3 heterocycles. The minimum Gasteiger partial charge on any atom is -0.256 e. The maximum absolute atomic E-state index is 10.5. The summed E-state index contributed by atoms with van der Waals surface area (Å²) >= 11 is 0. The van der Waals surface area contributed by atoms with Gasteiger partial charge in [-0.2, -0.15) is 0 Å². The van der Waals surface area contributed by atoms with Gasteiger partial charge in [-0.05, 0) is 156 Å². The average molecular weight is 836 g/mol. The molecule has 4 atom stereocenters. The van der Waals surface area contributed by atoms with Crippen molar-refractivity contribution in [2.24, 2.45) is 22.2 Å². The van der Waals surface area contributed by atoms with Crippen molar-refractivity contribution in [2.45, 2.75) is 77.0 Å². The van der Waals surface area contributed by atoms with E-state index in [1.54, 1.807) is 0 Å². The Kier molecular flexibility index (Phi) is 9.70. The summed E-state index contributed by atoms with van der Waals surface area (Å²) in [6, 6.07) is 60.2. The highest BCUT2D eigenvalue weighted by Gasteiger charge is 2.62. The number of aromatic nitrogens is 3. The van der Waals surface area contributed by atoms with E-state index in [1.807, 2.05) is 91.4 Å². The fourth-order valence-electron chi connectivity index (χ4n) is 12.1. The molecule has 3 aromatic heterocycles. The van der Waals surface area contributed by atoms with Crippen LogP contribution in [0.25, 0.3) is 56.0 Å². The molecule has 0 aliphatic heterocycles. The Balaban J connectivity index is 0.946. The fourth-order valence-corrected chi connectivity index (χ4v) is 12.1. The Labute approximate surface area is 385 Å². The molecule has 4 aliphatic rings. The minimum absolute atomic E-state index is 0.197. The van der Waals surface area contributed by atoms with E-state index in [2.05, 4.69) is 103 Å². The first-order valence-corrected chi connectivity index (χ1v) is 23.2. The van der Waals surface area contributed by atoms with Crippen LogP contribution in [0, 0.1) is 22.2 Å². The van der Waals surface area contributed by atoms with E-state index < -0.39 is 23.6 Å². The predicted octanol–water partition coefficient (Wildman–Crippen LogP) is 15.4. The molecule has 0 spiro atoms. The van der Waals surface area contributed by atoms with Crippen LogP contribution >= 0.6 is 0 Å². The van der Waals surface area contributed by atoms with Crippen LogP contribution in [0.3, 0.4) is 0 Å². The van der Waals surface area contributed by atoms with E-state index in [0.29, 0.717) is 6.42 Å². The Morgan fingerprint density at radius 1 is 0.406 bits per heavy atom. The molecule has 316 valence electrons. The molecule has 12 rings (SSSR count). The fraction of sp³-hybridized carbons (Fsp3) is 0.262. The molecule has 4 fully saturated rings. The van der Waals surface area contributed by atoms with E-state index in [-0.39, 0.29) is 24.2 Å². The van der Waals surface area contributed by atoms with Gasteiger partial charge in [-0.15, -0.1) is 0 Å². The molecule has 4 unspecified atom stereocenters. The van der Waals surface area contributed by atoms with Gasteiger partial charge in [0.2, 0.25) is 0 Å². The average Bonchev–Trinajstić information content (AvgIpc) is 3.37. The van der Waals surface area contributed by atoms with Gasteiger partial charge >= 0.3 is 0 Å². The molecule has 0 radical (unpaired) electrons. The standard InChI is InChI=1S/C61H57N3/c1-5-13-48(14-6-1)49-23-25-50(26-24-49)55-35-58(53-19-11-4-12-20-53)64-41-54(55)31-34-61-38-47-36-59(43-61,32-29-45-21-27-56(62-39-45)51-15-7-2-8-16-51)42-60(37-47,44-61)33-30-46-22-28-57(63-40-46)52-17-9-3-10-18-52/h1-28,35,39-41,47H,29-34,36-38,42-44H2/i32D2,34D2. The molecule has 5 aromatic carbocycles. The van der Waals surface area contributed by atoms with Gasteiger partial charge in [-0.3, -0.25) is 15.0 Å². The van der Waals surface area contributed by atoms with Gasteiger partial charge in [0.05, 0.1) is 17.1 Å². The van der Waals surface area contributed by atoms with Crippen LogP contribution in [0.2, 0.25) is 0 Å². The lowest BCUT2D eigenvalue weighted by atomic mass is 9.37. The monoisotopic (exact) mass is 835 g/mol. The first-order valence-electron chi connectivity index (χ1n) is 25.2. The zero-order valence-electron chi connectivity index (χ0n) is 40.5. The molecule has 0 saturated heterocycles. The smallest absolute Gasteiger partial charge is 0.0708 e. The Bertz CT molecular complexity index is 3000. The van der Waals surface area contributed by atoms with Crippen LogP contribution < -0.4 is 0 Å². The molecule has 64 heavy (non-hydrogen) atoms. The van der Waals surface area contributed by atoms with Crippen molar-refractivity contribution >= 4 is 0 Å². The van der Waals surface area contributed by atoms with Gasteiger partial charge in [-0.1, -0.05) is 158 Å². The van der Waals surface area contributed by atoms with Gasteiger partial charge in [0, 0.05) is 40.8 Å². The number of benzene rings is 5. The third-order valence-corrected chi connectivity index (χ3v) is 14.6. The van der Waals surface area contributed by atoms with Gasteiger partial charge in [0.15, 0.2) is 0 Å². The molecule has 3 heteroatoms. The van der Waals surface area contributed by atoms with E-state index in [4.69, 9.17) is 15.0 Å². The predicted molar refractivity (Wildman–Crippen MR) is 263 cm³/mol. The van der Waals surface area contributed by atoms with Crippen molar-refractivity contribution in [3.8, 4) is 56.0 Å². The van der Waals surface area contributed by atoms with Crippen LogP contribution in [0.4, 0.5) is 0 Å². The van der Waals surface area contributed by atoms with Gasteiger partial charge in [0.25, 0.3) is 0 Å². The topological polar surface area (TPSA) is 38.7 Å². The van der Waals surface area contributed by atoms with Crippen molar-refractivity contribution in [1.29, 1.82) is 0 Å². The molecule has 4 saturated carbocycles. The number of pyridine rings is 3. The van der Waals surface area contributed by atoms with Crippen LogP contribution in [0.1, 0.15) is 79.9 Å². The first-order chi connectivity index (χ1) is 33.0. The lowest BCUT2D eigenvalue weighted by Crippen LogP contribution is -2.57. The van der Waals surface area contributed by atoms with Crippen molar-refractivity contribution in [3.63, 3.8) is 0 Å². The number of rotatable bonds is 14. The van der Waals surface area contributed by atoms with Gasteiger partial charge < -0.3 is 0 Å². The third kappa shape index (κ3) is 8.49. The van der Waals surface area contributed by atoms with Crippen molar-refractivity contribution < 1.29 is 5.48 Å². The molecule has 8 aromatic rings. The molecule has 0 amide bonds.